The van der Waals surface area contributed by atoms with E-state index in [0.717, 1.165) is 30.6 Å². The van der Waals surface area contributed by atoms with Crippen molar-refractivity contribution in [3.05, 3.63) is 17.0 Å². The molecule has 1 aromatic rings. The normalized spacial score (nSPS) is 17.0. The Kier molecular flexibility index (Phi) is 6.61. The fraction of sp³-hybridized carbons (Fsp3) is 0.688. The third-order valence-electron chi connectivity index (χ3n) is 4.30. The zero-order valence-electron chi connectivity index (χ0n) is 13.9. The van der Waals surface area contributed by atoms with E-state index in [1.807, 2.05) is 11.8 Å². The van der Waals surface area contributed by atoms with Gasteiger partial charge >= 0.3 is 0 Å². The van der Waals surface area contributed by atoms with Gasteiger partial charge in [0.15, 0.2) is 0 Å². The molecule has 1 aromatic heterocycles. The molecule has 130 valence electrons. The van der Waals surface area contributed by atoms with Crippen LogP contribution in [0.5, 0.6) is 0 Å². The van der Waals surface area contributed by atoms with E-state index in [-0.39, 0.29) is 18.5 Å². The van der Waals surface area contributed by atoms with Gasteiger partial charge in [0.05, 0.1) is 0 Å². The first-order chi connectivity index (χ1) is 10.9. The molecule has 0 bridgehead atoms. The Hall–Kier alpha value is -0.920. The summed E-state index contributed by atoms with van der Waals surface area (Å²) in [6.07, 6.45) is 6.80. The van der Waals surface area contributed by atoms with Gasteiger partial charge in [0.1, 0.15) is 4.21 Å². The molecule has 7 heteroatoms. The fourth-order valence-electron chi connectivity index (χ4n) is 3.09. The molecule has 0 spiro atoms. The highest BCUT2D eigenvalue weighted by Gasteiger charge is 2.23. The molecule has 2 rings (SSSR count). The van der Waals surface area contributed by atoms with Crippen LogP contribution in [0.2, 0.25) is 0 Å². The van der Waals surface area contributed by atoms with Gasteiger partial charge < -0.3 is 4.90 Å². The number of hydrogen-bond acceptors (Lipinski definition) is 4. The summed E-state index contributed by atoms with van der Waals surface area (Å²) in [4.78, 5) is 14.7. The Morgan fingerprint density at radius 3 is 2.43 bits per heavy atom. The van der Waals surface area contributed by atoms with Crippen molar-refractivity contribution in [1.82, 2.24) is 9.62 Å². The second-order valence-electron chi connectivity index (χ2n) is 6.12. The number of rotatable bonds is 6. The molecule has 1 amide bonds. The molecule has 0 saturated heterocycles. The van der Waals surface area contributed by atoms with Gasteiger partial charge in [-0.1, -0.05) is 25.7 Å². The van der Waals surface area contributed by atoms with Crippen molar-refractivity contribution in [2.45, 2.75) is 62.6 Å². The number of carbonyl (C=O) groups excluding carboxylic acids is 1. The summed E-state index contributed by atoms with van der Waals surface area (Å²) in [6, 6.07) is 3.67. The van der Waals surface area contributed by atoms with Crippen LogP contribution in [-0.2, 0) is 14.8 Å². The molecule has 5 nitrogen and oxygen atoms in total. The third-order valence-corrected chi connectivity index (χ3v) is 7.25. The Morgan fingerprint density at radius 1 is 1.26 bits per heavy atom. The molecule has 1 N–H and O–H groups in total. The monoisotopic (exact) mass is 358 g/mol. The second-order valence-corrected chi connectivity index (χ2v) is 9.40. The number of thiophene rings is 1. The molecule has 1 fully saturated rings. The lowest BCUT2D eigenvalue weighted by Gasteiger charge is -2.30. The van der Waals surface area contributed by atoms with Crippen molar-refractivity contribution in [2.24, 2.45) is 0 Å². The molecule has 0 radical (unpaired) electrons. The van der Waals surface area contributed by atoms with Gasteiger partial charge in [-0.3, -0.25) is 4.79 Å². The summed E-state index contributed by atoms with van der Waals surface area (Å²) >= 11 is 1.26. The largest absolute Gasteiger partial charge is 0.339 e. The van der Waals surface area contributed by atoms with Gasteiger partial charge in [-0.05, 0) is 31.9 Å². The lowest BCUT2D eigenvalue weighted by atomic mass is 10.1. The highest BCUT2D eigenvalue weighted by atomic mass is 32.2. The molecular weight excluding hydrogens is 332 g/mol. The average Bonchev–Trinajstić information content (AvgIpc) is 2.77. The molecule has 1 aliphatic rings. The lowest BCUT2D eigenvalue weighted by molar-refractivity contribution is -0.131. The Balaban J connectivity index is 1.92. The third kappa shape index (κ3) is 5.29. The Labute approximate surface area is 143 Å². The van der Waals surface area contributed by atoms with E-state index in [1.165, 1.54) is 24.2 Å². The first-order valence-electron chi connectivity index (χ1n) is 8.23. The van der Waals surface area contributed by atoms with Crippen LogP contribution in [0.15, 0.2) is 16.3 Å². The minimum absolute atomic E-state index is 0.0306. The van der Waals surface area contributed by atoms with E-state index in [1.54, 1.807) is 19.1 Å². The number of sulfonamides is 1. The van der Waals surface area contributed by atoms with Crippen molar-refractivity contribution >= 4 is 27.3 Å². The van der Waals surface area contributed by atoms with Crippen molar-refractivity contribution in [3.8, 4) is 0 Å². The van der Waals surface area contributed by atoms with Gasteiger partial charge in [0.25, 0.3) is 0 Å². The standard InChI is InChI=1S/C16H26N2O3S2/c1-13-9-10-16(22-13)23(20,21)17-11-12-18(14(2)19)15-7-5-3-4-6-8-15/h9-10,15,17H,3-8,11-12H2,1-2H3. The number of amides is 1. The first kappa shape index (κ1) is 18.4. The maximum atomic E-state index is 12.2. The summed E-state index contributed by atoms with van der Waals surface area (Å²) < 4.78 is 27.4. The number of nitrogens with zero attached hydrogens (tertiary/aromatic N) is 1. The smallest absolute Gasteiger partial charge is 0.250 e. The fourth-order valence-corrected chi connectivity index (χ4v) is 5.44. The predicted octanol–water partition coefficient (Wildman–Crippen LogP) is 2.91. The maximum absolute atomic E-state index is 12.2. The molecule has 1 heterocycles. The molecular formula is C16H26N2O3S2. The molecule has 23 heavy (non-hydrogen) atoms. The maximum Gasteiger partial charge on any atom is 0.250 e. The van der Waals surface area contributed by atoms with Gasteiger partial charge in [-0.25, -0.2) is 13.1 Å². The van der Waals surface area contributed by atoms with Crippen molar-refractivity contribution < 1.29 is 13.2 Å². The number of nitrogens with one attached hydrogen (secondary N) is 1. The summed E-state index contributed by atoms with van der Waals surface area (Å²) in [5.74, 6) is 0.0306. The highest BCUT2D eigenvalue weighted by molar-refractivity contribution is 7.91. The Bertz CT molecular complexity index is 617. The predicted molar refractivity (Wildman–Crippen MR) is 93.1 cm³/mol. The summed E-state index contributed by atoms with van der Waals surface area (Å²) in [5.41, 5.74) is 0. The molecule has 0 unspecified atom stereocenters. The van der Waals surface area contributed by atoms with E-state index in [4.69, 9.17) is 0 Å². The van der Waals surface area contributed by atoms with Gasteiger partial charge in [-0.15, -0.1) is 11.3 Å². The molecule has 0 aliphatic heterocycles. The van der Waals surface area contributed by atoms with Crippen molar-refractivity contribution in [1.29, 1.82) is 0 Å². The minimum atomic E-state index is -3.47. The van der Waals surface area contributed by atoms with E-state index in [2.05, 4.69) is 4.72 Å². The topological polar surface area (TPSA) is 66.5 Å². The zero-order valence-corrected chi connectivity index (χ0v) is 15.5. The van der Waals surface area contributed by atoms with Crippen LogP contribution in [0.25, 0.3) is 0 Å². The van der Waals surface area contributed by atoms with Crippen LogP contribution in [0.3, 0.4) is 0 Å². The summed E-state index contributed by atoms with van der Waals surface area (Å²) in [5, 5.41) is 0. The zero-order chi connectivity index (χ0) is 16.9. The van der Waals surface area contributed by atoms with Crippen molar-refractivity contribution in [2.75, 3.05) is 13.1 Å². The van der Waals surface area contributed by atoms with Crippen molar-refractivity contribution in [3.63, 3.8) is 0 Å². The second kappa shape index (κ2) is 8.26. The van der Waals surface area contributed by atoms with Gasteiger partial charge in [-0.2, -0.15) is 0 Å². The van der Waals surface area contributed by atoms with E-state index in [9.17, 15) is 13.2 Å². The quantitative estimate of drug-likeness (QED) is 0.795. The molecule has 1 aliphatic carbocycles. The average molecular weight is 359 g/mol. The van der Waals surface area contributed by atoms with E-state index in [0.29, 0.717) is 10.8 Å². The van der Waals surface area contributed by atoms with Gasteiger partial charge in [0, 0.05) is 30.9 Å². The number of aryl methyl sites for hydroxylation is 1. The van der Waals surface area contributed by atoms with Crippen LogP contribution < -0.4 is 4.72 Å². The van der Waals surface area contributed by atoms with E-state index >= 15 is 0 Å². The highest BCUT2D eigenvalue weighted by Crippen LogP contribution is 2.22. The minimum Gasteiger partial charge on any atom is -0.339 e. The van der Waals surface area contributed by atoms with Crippen LogP contribution in [0, 0.1) is 6.92 Å². The molecule has 0 aromatic carbocycles. The Morgan fingerprint density at radius 2 is 1.91 bits per heavy atom. The van der Waals surface area contributed by atoms with Crippen LogP contribution in [-0.4, -0.2) is 38.4 Å². The lowest BCUT2D eigenvalue weighted by Crippen LogP contribution is -2.43. The SMILES string of the molecule is CC(=O)N(CCNS(=O)(=O)c1ccc(C)s1)C1CCCCCC1. The molecule has 1 saturated carbocycles. The number of hydrogen-bond donors (Lipinski definition) is 1. The summed E-state index contributed by atoms with van der Waals surface area (Å²) in [7, 11) is -3.47. The van der Waals surface area contributed by atoms with Gasteiger partial charge in [0.2, 0.25) is 15.9 Å². The number of carbonyl (C=O) groups is 1. The van der Waals surface area contributed by atoms with Crippen LogP contribution in [0.4, 0.5) is 0 Å². The first-order valence-corrected chi connectivity index (χ1v) is 10.5. The van der Waals surface area contributed by atoms with Crippen LogP contribution in [0.1, 0.15) is 50.3 Å². The van der Waals surface area contributed by atoms with Crippen LogP contribution >= 0.6 is 11.3 Å². The van der Waals surface area contributed by atoms with E-state index < -0.39 is 10.0 Å². The summed E-state index contributed by atoms with van der Waals surface area (Å²) in [6.45, 7) is 4.15. The molecule has 0 atom stereocenters.